The molecular weight excluding hydrogens is 415 g/mol. The molecule has 2 aromatic carbocycles. The Balaban J connectivity index is 1.35. The highest BCUT2D eigenvalue weighted by atomic mass is 19.1. The van der Waals surface area contributed by atoms with Gasteiger partial charge in [0.15, 0.2) is 0 Å². The number of hydrogen-bond acceptors (Lipinski definition) is 3. The Hall–Kier alpha value is -3.25. The minimum Gasteiger partial charge on any atom is -0.317 e. The third kappa shape index (κ3) is 6.86. The molecule has 4 rings (SSSR count). The number of carbonyl (C=O) groups is 1. The average Bonchev–Trinajstić information content (AvgIpc) is 2.84. The molecule has 2 heterocycles. The summed E-state index contributed by atoms with van der Waals surface area (Å²) in [6.45, 7) is 3.49. The summed E-state index contributed by atoms with van der Waals surface area (Å²) in [5.74, 6) is -0.365. The van der Waals surface area contributed by atoms with Gasteiger partial charge in [-0.2, -0.15) is 0 Å². The summed E-state index contributed by atoms with van der Waals surface area (Å²) in [5.41, 5.74) is 2.83. The lowest BCUT2D eigenvalue weighted by atomic mass is 10.0. The number of benzene rings is 2. The van der Waals surface area contributed by atoms with Crippen molar-refractivity contribution in [2.24, 2.45) is 0 Å². The zero-order valence-corrected chi connectivity index (χ0v) is 18.9. The highest BCUT2D eigenvalue weighted by Gasteiger charge is 2.28. The van der Waals surface area contributed by atoms with E-state index in [0.29, 0.717) is 12.2 Å². The Morgan fingerprint density at radius 2 is 1.82 bits per heavy atom. The Morgan fingerprint density at radius 1 is 1.03 bits per heavy atom. The lowest BCUT2D eigenvalue weighted by molar-refractivity contribution is 0.122. The maximum atomic E-state index is 13.6. The van der Waals surface area contributed by atoms with Gasteiger partial charge in [-0.3, -0.25) is 4.98 Å². The van der Waals surface area contributed by atoms with Crippen molar-refractivity contribution in [2.75, 3.05) is 25.0 Å². The van der Waals surface area contributed by atoms with Gasteiger partial charge in [0.1, 0.15) is 5.82 Å². The van der Waals surface area contributed by atoms with Crippen LogP contribution in [0.25, 0.3) is 0 Å². The number of halogens is 1. The van der Waals surface area contributed by atoms with Crippen LogP contribution < -0.4 is 5.32 Å². The number of aromatic nitrogens is 1. The molecule has 172 valence electrons. The summed E-state index contributed by atoms with van der Waals surface area (Å²) < 4.78 is 13.6. The van der Waals surface area contributed by atoms with E-state index in [1.807, 2.05) is 17.0 Å². The van der Waals surface area contributed by atoms with E-state index in [9.17, 15) is 9.18 Å². The molecule has 0 radical (unpaired) electrons. The fourth-order valence-electron chi connectivity index (χ4n) is 4.42. The third-order valence-corrected chi connectivity index (χ3v) is 6.19. The molecule has 0 aliphatic carbocycles. The van der Waals surface area contributed by atoms with E-state index in [4.69, 9.17) is 0 Å². The van der Waals surface area contributed by atoms with Crippen LogP contribution in [-0.2, 0) is 13.0 Å². The van der Waals surface area contributed by atoms with E-state index in [2.05, 4.69) is 45.5 Å². The molecular formula is C27H31FN4O. The molecule has 1 aliphatic heterocycles. The van der Waals surface area contributed by atoms with Gasteiger partial charge in [0, 0.05) is 43.8 Å². The van der Waals surface area contributed by atoms with Crippen LogP contribution in [0.4, 0.5) is 14.9 Å². The number of urea groups is 1. The van der Waals surface area contributed by atoms with Gasteiger partial charge in [0.05, 0.1) is 0 Å². The molecule has 3 aromatic rings. The number of anilines is 1. The Bertz CT molecular complexity index is 1010. The number of nitrogens with one attached hydrogen (secondary N) is 1. The molecule has 33 heavy (non-hydrogen) atoms. The Labute approximate surface area is 195 Å². The van der Waals surface area contributed by atoms with Crippen molar-refractivity contribution in [1.29, 1.82) is 0 Å². The maximum absolute atomic E-state index is 13.6. The van der Waals surface area contributed by atoms with Crippen molar-refractivity contribution < 1.29 is 9.18 Å². The van der Waals surface area contributed by atoms with Gasteiger partial charge in [0.2, 0.25) is 0 Å². The normalized spacial score (nSPS) is 14.7. The summed E-state index contributed by atoms with van der Waals surface area (Å²) >= 11 is 0. The van der Waals surface area contributed by atoms with Crippen LogP contribution in [-0.4, -0.2) is 46.5 Å². The molecule has 1 saturated heterocycles. The number of pyridine rings is 1. The van der Waals surface area contributed by atoms with Gasteiger partial charge in [0.25, 0.3) is 0 Å². The van der Waals surface area contributed by atoms with Gasteiger partial charge in [-0.15, -0.1) is 0 Å². The first-order valence-electron chi connectivity index (χ1n) is 11.7. The molecule has 0 atom stereocenters. The molecule has 1 fully saturated rings. The summed E-state index contributed by atoms with van der Waals surface area (Å²) in [6, 6.07) is 20.4. The highest BCUT2D eigenvalue weighted by Crippen LogP contribution is 2.21. The van der Waals surface area contributed by atoms with Crippen LogP contribution in [0.2, 0.25) is 0 Å². The third-order valence-electron chi connectivity index (χ3n) is 6.19. The van der Waals surface area contributed by atoms with E-state index in [1.54, 1.807) is 24.5 Å². The van der Waals surface area contributed by atoms with Crippen molar-refractivity contribution in [3.8, 4) is 0 Å². The van der Waals surface area contributed by atoms with Crippen molar-refractivity contribution >= 4 is 11.7 Å². The Kier molecular flexibility index (Phi) is 8.04. The number of likely N-dealkylation sites (tertiary alicyclic amines) is 1. The lowest BCUT2D eigenvalue weighted by Crippen LogP contribution is -2.48. The highest BCUT2D eigenvalue weighted by molar-refractivity contribution is 5.89. The predicted octanol–water partition coefficient (Wildman–Crippen LogP) is 5.35. The van der Waals surface area contributed by atoms with E-state index in [1.165, 1.54) is 17.7 Å². The number of piperidine rings is 1. The first-order valence-corrected chi connectivity index (χ1v) is 11.7. The van der Waals surface area contributed by atoms with E-state index in [-0.39, 0.29) is 17.9 Å². The van der Waals surface area contributed by atoms with Gasteiger partial charge in [-0.25, -0.2) is 9.18 Å². The molecule has 0 saturated carbocycles. The molecule has 1 aliphatic rings. The zero-order valence-electron chi connectivity index (χ0n) is 18.9. The van der Waals surface area contributed by atoms with Crippen LogP contribution in [0.5, 0.6) is 0 Å². The smallest absolute Gasteiger partial charge is 0.317 e. The molecule has 1 N–H and O–H groups in total. The summed E-state index contributed by atoms with van der Waals surface area (Å²) in [7, 11) is 0. The molecule has 2 amide bonds. The van der Waals surface area contributed by atoms with Crippen LogP contribution in [0.1, 0.15) is 30.4 Å². The fraction of sp³-hybridized carbons (Fsp3) is 0.333. The van der Waals surface area contributed by atoms with Gasteiger partial charge in [-0.1, -0.05) is 42.5 Å². The number of carbonyl (C=O) groups excluding carboxylic acids is 1. The van der Waals surface area contributed by atoms with Crippen molar-refractivity contribution in [3.63, 3.8) is 0 Å². The fourth-order valence-corrected chi connectivity index (χ4v) is 4.42. The van der Waals surface area contributed by atoms with Crippen LogP contribution in [0.3, 0.4) is 0 Å². The second-order valence-electron chi connectivity index (χ2n) is 8.59. The second kappa shape index (κ2) is 11.6. The van der Waals surface area contributed by atoms with E-state index >= 15 is 0 Å². The van der Waals surface area contributed by atoms with E-state index < -0.39 is 0 Å². The predicted molar refractivity (Wildman–Crippen MR) is 129 cm³/mol. The monoisotopic (exact) mass is 446 g/mol. The summed E-state index contributed by atoms with van der Waals surface area (Å²) in [5, 5.41) is 2.88. The molecule has 0 unspecified atom stereocenters. The molecule has 6 heteroatoms. The number of aryl methyl sites for hydroxylation is 1. The summed E-state index contributed by atoms with van der Waals surface area (Å²) in [4.78, 5) is 21.8. The largest absolute Gasteiger partial charge is 0.322 e. The summed E-state index contributed by atoms with van der Waals surface area (Å²) in [6.07, 6.45) is 7.58. The SMILES string of the molecule is O=C(Nc1cccc(F)c1)N(Cc1cccnc1)C1CCN(CCCc2ccccc2)CC1. The molecule has 0 spiro atoms. The number of amides is 2. The number of rotatable bonds is 8. The quantitative estimate of drug-likeness (QED) is 0.507. The maximum Gasteiger partial charge on any atom is 0.322 e. The topological polar surface area (TPSA) is 48.5 Å². The first-order chi connectivity index (χ1) is 16.2. The van der Waals surface area contributed by atoms with E-state index in [0.717, 1.165) is 50.9 Å². The Morgan fingerprint density at radius 3 is 2.55 bits per heavy atom. The average molecular weight is 447 g/mol. The van der Waals surface area contributed by atoms with Crippen LogP contribution in [0, 0.1) is 5.82 Å². The molecule has 1 aromatic heterocycles. The minimum atomic E-state index is -0.365. The lowest BCUT2D eigenvalue weighted by Gasteiger charge is -2.38. The van der Waals surface area contributed by atoms with Crippen molar-refractivity contribution in [1.82, 2.24) is 14.8 Å². The number of hydrogen-bond donors (Lipinski definition) is 1. The van der Waals surface area contributed by atoms with Gasteiger partial charge in [-0.05, 0) is 67.6 Å². The molecule has 0 bridgehead atoms. The van der Waals surface area contributed by atoms with Crippen LogP contribution in [0.15, 0.2) is 79.1 Å². The standard InChI is InChI=1S/C27H31FN4O/c28-24-11-4-12-25(19-24)30-27(33)32(21-23-9-5-15-29-20-23)26-13-17-31(18-14-26)16-6-10-22-7-2-1-3-8-22/h1-5,7-9,11-12,15,19-20,26H,6,10,13-14,16-18,21H2,(H,30,33). The minimum absolute atomic E-state index is 0.129. The second-order valence-corrected chi connectivity index (χ2v) is 8.59. The first kappa shape index (κ1) is 22.9. The molecule has 5 nitrogen and oxygen atoms in total. The van der Waals surface area contributed by atoms with Crippen molar-refractivity contribution in [2.45, 2.75) is 38.3 Å². The zero-order chi connectivity index (χ0) is 22.9. The van der Waals surface area contributed by atoms with Crippen LogP contribution >= 0.6 is 0 Å². The number of nitrogens with zero attached hydrogens (tertiary/aromatic N) is 3. The van der Waals surface area contributed by atoms with Crippen molar-refractivity contribution in [3.05, 3.63) is 96.1 Å². The van der Waals surface area contributed by atoms with Gasteiger partial charge < -0.3 is 15.1 Å². The van der Waals surface area contributed by atoms with Gasteiger partial charge >= 0.3 is 6.03 Å².